The molecule has 1 atom stereocenters. The maximum atomic E-state index is 3.56. The van der Waals surface area contributed by atoms with E-state index in [1.807, 2.05) is 0 Å². The maximum absolute atomic E-state index is 3.56. The minimum atomic E-state index is 0.194. The van der Waals surface area contributed by atoms with Crippen molar-refractivity contribution in [3.05, 3.63) is 35.4 Å². The summed E-state index contributed by atoms with van der Waals surface area (Å²) in [4.78, 5) is 2.19. The van der Waals surface area contributed by atoms with Crippen molar-refractivity contribution in [2.45, 2.75) is 45.7 Å². The molecule has 0 saturated heterocycles. The number of nitrogens with one attached hydrogen (secondary N) is 1. The molecule has 0 amide bonds. The molecule has 1 aromatic carbocycles. The van der Waals surface area contributed by atoms with Crippen LogP contribution in [0.5, 0.6) is 0 Å². The molecule has 18 heavy (non-hydrogen) atoms. The largest absolute Gasteiger partial charge is 0.311 e. The van der Waals surface area contributed by atoms with E-state index in [2.05, 4.69) is 76.3 Å². The van der Waals surface area contributed by atoms with Gasteiger partial charge in [-0.05, 0) is 51.9 Å². The van der Waals surface area contributed by atoms with Gasteiger partial charge in [-0.2, -0.15) is 0 Å². The lowest BCUT2D eigenvalue weighted by atomic mass is 9.98. The fraction of sp³-hybridized carbons (Fsp3) is 0.625. The van der Waals surface area contributed by atoms with Gasteiger partial charge in [0.05, 0.1) is 0 Å². The molecule has 0 saturated carbocycles. The predicted molar refractivity (Wildman–Crippen MR) is 80.0 cm³/mol. The molecule has 0 radical (unpaired) electrons. The summed E-state index contributed by atoms with van der Waals surface area (Å²) in [5.74, 6) is 0.553. The van der Waals surface area contributed by atoms with Crippen molar-refractivity contribution >= 4 is 0 Å². The maximum Gasteiger partial charge on any atom is 0.0227 e. The van der Waals surface area contributed by atoms with Crippen LogP contribution in [-0.4, -0.2) is 31.1 Å². The standard InChI is InChI=1S/C16H28N2/c1-13(11-17-16(2,3)4)15-9-7-14(8-10-15)12-18(5)6/h7-10,13,17H,11-12H2,1-6H3. The SMILES string of the molecule is CC(CNC(C)(C)C)c1ccc(CN(C)C)cc1. The van der Waals surface area contributed by atoms with Crippen LogP contribution >= 0.6 is 0 Å². The van der Waals surface area contributed by atoms with Gasteiger partial charge in [0.2, 0.25) is 0 Å². The summed E-state index contributed by atoms with van der Waals surface area (Å²) in [5.41, 5.74) is 2.98. The van der Waals surface area contributed by atoms with E-state index in [1.54, 1.807) is 0 Å². The Bertz CT molecular complexity index is 346. The van der Waals surface area contributed by atoms with Crippen molar-refractivity contribution in [1.82, 2.24) is 10.2 Å². The van der Waals surface area contributed by atoms with Crippen LogP contribution in [0.2, 0.25) is 0 Å². The van der Waals surface area contributed by atoms with Crippen LogP contribution < -0.4 is 5.32 Å². The summed E-state index contributed by atoms with van der Waals surface area (Å²) in [6.45, 7) is 10.9. The van der Waals surface area contributed by atoms with Gasteiger partial charge < -0.3 is 10.2 Å². The Balaban J connectivity index is 2.56. The fourth-order valence-electron chi connectivity index (χ4n) is 1.89. The molecule has 2 nitrogen and oxygen atoms in total. The van der Waals surface area contributed by atoms with Crippen molar-refractivity contribution in [3.63, 3.8) is 0 Å². The Kier molecular flexibility index (Phi) is 5.36. The van der Waals surface area contributed by atoms with Crippen molar-refractivity contribution in [2.24, 2.45) is 0 Å². The first kappa shape index (κ1) is 15.2. The monoisotopic (exact) mass is 248 g/mol. The molecule has 1 rings (SSSR count). The Morgan fingerprint density at radius 3 is 2.11 bits per heavy atom. The van der Waals surface area contributed by atoms with E-state index >= 15 is 0 Å². The Morgan fingerprint density at radius 1 is 1.11 bits per heavy atom. The van der Waals surface area contributed by atoms with Gasteiger partial charge >= 0.3 is 0 Å². The predicted octanol–water partition coefficient (Wildman–Crippen LogP) is 3.24. The minimum Gasteiger partial charge on any atom is -0.311 e. The van der Waals surface area contributed by atoms with Gasteiger partial charge in [-0.25, -0.2) is 0 Å². The van der Waals surface area contributed by atoms with Crippen LogP contribution in [0.4, 0.5) is 0 Å². The molecular formula is C16H28N2. The van der Waals surface area contributed by atoms with E-state index in [4.69, 9.17) is 0 Å². The molecule has 0 aliphatic rings. The number of rotatable bonds is 5. The first-order valence-corrected chi connectivity index (χ1v) is 6.76. The lowest BCUT2D eigenvalue weighted by Crippen LogP contribution is -2.38. The molecule has 1 unspecified atom stereocenters. The number of nitrogens with zero attached hydrogens (tertiary/aromatic N) is 1. The van der Waals surface area contributed by atoms with E-state index in [0.717, 1.165) is 13.1 Å². The third kappa shape index (κ3) is 5.65. The zero-order chi connectivity index (χ0) is 13.8. The highest BCUT2D eigenvalue weighted by atomic mass is 15.0. The first-order chi connectivity index (χ1) is 8.28. The van der Waals surface area contributed by atoms with Gasteiger partial charge in [-0.1, -0.05) is 31.2 Å². The van der Waals surface area contributed by atoms with Crippen LogP contribution in [0, 0.1) is 0 Å². The van der Waals surface area contributed by atoms with E-state index < -0.39 is 0 Å². The number of hydrogen-bond acceptors (Lipinski definition) is 2. The zero-order valence-electron chi connectivity index (χ0n) is 12.7. The highest BCUT2D eigenvalue weighted by Gasteiger charge is 2.12. The normalized spacial score (nSPS) is 13.9. The summed E-state index contributed by atoms with van der Waals surface area (Å²) < 4.78 is 0. The quantitative estimate of drug-likeness (QED) is 0.860. The molecule has 2 heteroatoms. The molecular weight excluding hydrogens is 220 g/mol. The third-order valence-electron chi connectivity index (χ3n) is 2.99. The van der Waals surface area contributed by atoms with Crippen LogP contribution in [0.3, 0.4) is 0 Å². The van der Waals surface area contributed by atoms with E-state index in [9.17, 15) is 0 Å². The second kappa shape index (κ2) is 6.35. The summed E-state index contributed by atoms with van der Waals surface area (Å²) in [6, 6.07) is 8.99. The Hall–Kier alpha value is -0.860. The van der Waals surface area contributed by atoms with Gasteiger partial charge in [-0.15, -0.1) is 0 Å². The average molecular weight is 248 g/mol. The lowest BCUT2D eigenvalue weighted by Gasteiger charge is -2.23. The molecule has 0 aliphatic carbocycles. The van der Waals surface area contributed by atoms with Crippen LogP contribution in [0.1, 0.15) is 44.7 Å². The second-order valence-electron chi connectivity index (χ2n) is 6.51. The molecule has 0 fully saturated rings. The van der Waals surface area contributed by atoms with Gasteiger partial charge in [0.25, 0.3) is 0 Å². The van der Waals surface area contributed by atoms with Crippen molar-refractivity contribution in [2.75, 3.05) is 20.6 Å². The summed E-state index contributed by atoms with van der Waals surface area (Å²) in [6.07, 6.45) is 0. The number of hydrogen-bond donors (Lipinski definition) is 1. The zero-order valence-corrected chi connectivity index (χ0v) is 12.7. The minimum absolute atomic E-state index is 0.194. The number of benzene rings is 1. The Labute approximate surface area is 112 Å². The molecule has 102 valence electrons. The van der Waals surface area contributed by atoms with Gasteiger partial charge in [0.1, 0.15) is 0 Å². The molecule has 0 aromatic heterocycles. The first-order valence-electron chi connectivity index (χ1n) is 6.76. The summed E-state index contributed by atoms with van der Waals surface area (Å²) >= 11 is 0. The highest BCUT2D eigenvalue weighted by molar-refractivity contribution is 5.25. The van der Waals surface area contributed by atoms with Crippen LogP contribution in [0.15, 0.2) is 24.3 Å². The van der Waals surface area contributed by atoms with E-state index in [1.165, 1.54) is 11.1 Å². The molecule has 0 bridgehead atoms. The lowest BCUT2D eigenvalue weighted by molar-refractivity contribution is 0.402. The third-order valence-corrected chi connectivity index (χ3v) is 2.99. The van der Waals surface area contributed by atoms with Gasteiger partial charge in [0, 0.05) is 18.6 Å². The fourth-order valence-corrected chi connectivity index (χ4v) is 1.89. The average Bonchev–Trinajstić information content (AvgIpc) is 2.25. The van der Waals surface area contributed by atoms with E-state index in [-0.39, 0.29) is 5.54 Å². The van der Waals surface area contributed by atoms with Crippen LogP contribution in [0.25, 0.3) is 0 Å². The van der Waals surface area contributed by atoms with Crippen molar-refractivity contribution in [1.29, 1.82) is 0 Å². The van der Waals surface area contributed by atoms with E-state index in [0.29, 0.717) is 5.92 Å². The molecule has 0 aliphatic heterocycles. The molecule has 0 heterocycles. The second-order valence-corrected chi connectivity index (χ2v) is 6.51. The summed E-state index contributed by atoms with van der Waals surface area (Å²) in [7, 11) is 4.20. The summed E-state index contributed by atoms with van der Waals surface area (Å²) in [5, 5.41) is 3.56. The van der Waals surface area contributed by atoms with Gasteiger partial charge in [0.15, 0.2) is 0 Å². The highest BCUT2D eigenvalue weighted by Crippen LogP contribution is 2.16. The Morgan fingerprint density at radius 2 is 1.67 bits per heavy atom. The smallest absolute Gasteiger partial charge is 0.0227 e. The topological polar surface area (TPSA) is 15.3 Å². The molecule has 0 spiro atoms. The molecule has 1 aromatic rings. The molecule has 1 N–H and O–H groups in total. The van der Waals surface area contributed by atoms with Crippen molar-refractivity contribution < 1.29 is 0 Å². The van der Waals surface area contributed by atoms with Gasteiger partial charge in [-0.3, -0.25) is 0 Å². The van der Waals surface area contributed by atoms with Crippen molar-refractivity contribution in [3.8, 4) is 0 Å². The van der Waals surface area contributed by atoms with Crippen LogP contribution in [-0.2, 0) is 6.54 Å².